The first-order valence-corrected chi connectivity index (χ1v) is 11.1. The number of nitrogens with zero attached hydrogens (tertiary/aromatic N) is 3. The number of piperazine rings is 1. The summed E-state index contributed by atoms with van der Waals surface area (Å²) in [5.41, 5.74) is 0.973. The smallest absolute Gasteiger partial charge is 0.315 e. The molecule has 1 aromatic heterocycles. The molecule has 3 N–H and O–H groups in total. The van der Waals surface area contributed by atoms with E-state index in [1.165, 1.54) is 0 Å². The highest BCUT2D eigenvalue weighted by atomic mass is 16.2. The van der Waals surface area contributed by atoms with E-state index in [1.807, 2.05) is 32.2 Å². The summed E-state index contributed by atoms with van der Waals surface area (Å²) in [5.74, 6) is 1.07. The van der Waals surface area contributed by atoms with Gasteiger partial charge < -0.3 is 25.8 Å². The molecule has 3 rings (SSSR count). The van der Waals surface area contributed by atoms with E-state index in [9.17, 15) is 9.59 Å². The summed E-state index contributed by atoms with van der Waals surface area (Å²) in [7, 11) is 2.14. The van der Waals surface area contributed by atoms with Crippen molar-refractivity contribution in [2.45, 2.75) is 58.2 Å². The zero-order valence-corrected chi connectivity index (χ0v) is 18.5. The van der Waals surface area contributed by atoms with Gasteiger partial charge in [-0.05, 0) is 51.8 Å². The van der Waals surface area contributed by atoms with Crippen LogP contribution in [-0.4, -0.2) is 67.1 Å². The summed E-state index contributed by atoms with van der Waals surface area (Å²) in [5, 5.41) is 8.93. The molecular weight excluding hydrogens is 380 g/mol. The molecule has 1 aliphatic heterocycles. The molecule has 1 aromatic rings. The summed E-state index contributed by atoms with van der Waals surface area (Å²) in [6, 6.07) is 4.05. The van der Waals surface area contributed by atoms with Crippen LogP contribution in [0.15, 0.2) is 18.3 Å². The van der Waals surface area contributed by atoms with E-state index >= 15 is 0 Å². The van der Waals surface area contributed by atoms with Crippen LogP contribution in [0.4, 0.5) is 10.6 Å². The molecule has 1 aliphatic carbocycles. The average molecular weight is 417 g/mol. The molecule has 30 heavy (non-hydrogen) atoms. The second-order valence-electron chi connectivity index (χ2n) is 8.87. The first kappa shape index (κ1) is 22.3. The van der Waals surface area contributed by atoms with E-state index < -0.39 is 0 Å². The molecule has 2 heterocycles. The number of nitrogens with one attached hydrogen (secondary N) is 3. The fraction of sp³-hybridized carbons (Fsp3) is 0.682. The van der Waals surface area contributed by atoms with E-state index in [2.05, 4.69) is 37.8 Å². The molecule has 0 aromatic carbocycles. The van der Waals surface area contributed by atoms with E-state index in [1.54, 1.807) is 0 Å². The minimum absolute atomic E-state index is 0.0160. The van der Waals surface area contributed by atoms with Crippen molar-refractivity contribution in [3.05, 3.63) is 23.9 Å². The van der Waals surface area contributed by atoms with E-state index in [-0.39, 0.29) is 29.9 Å². The van der Waals surface area contributed by atoms with Gasteiger partial charge in [-0.1, -0.05) is 12.5 Å². The number of carbonyl (C=O) groups excluding carboxylic acids is 2. The van der Waals surface area contributed by atoms with E-state index in [0.29, 0.717) is 13.0 Å². The lowest BCUT2D eigenvalue weighted by molar-refractivity contribution is -0.126. The molecule has 1 saturated carbocycles. The van der Waals surface area contributed by atoms with Crippen LogP contribution in [0.5, 0.6) is 0 Å². The Morgan fingerprint density at radius 1 is 1.17 bits per heavy atom. The predicted octanol–water partition coefficient (Wildman–Crippen LogP) is 1.72. The van der Waals surface area contributed by atoms with Crippen LogP contribution in [0.2, 0.25) is 0 Å². The Bertz CT molecular complexity index is 700. The lowest BCUT2D eigenvalue weighted by Gasteiger charge is -2.33. The molecule has 2 fully saturated rings. The van der Waals surface area contributed by atoms with Crippen molar-refractivity contribution in [1.82, 2.24) is 25.8 Å². The topological polar surface area (TPSA) is 89.6 Å². The molecule has 0 radical (unpaired) electrons. The van der Waals surface area contributed by atoms with Crippen molar-refractivity contribution in [1.29, 1.82) is 0 Å². The van der Waals surface area contributed by atoms with Gasteiger partial charge in [0.05, 0.1) is 0 Å². The molecule has 2 unspecified atom stereocenters. The van der Waals surface area contributed by atoms with Gasteiger partial charge in [-0.3, -0.25) is 4.79 Å². The number of amides is 3. The minimum Gasteiger partial charge on any atom is -0.354 e. The Morgan fingerprint density at radius 3 is 2.60 bits per heavy atom. The highest BCUT2D eigenvalue weighted by molar-refractivity contribution is 5.79. The zero-order valence-electron chi connectivity index (χ0n) is 18.5. The third-order valence-electron chi connectivity index (χ3n) is 5.90. The first-order valence-electron chi connectivity index (χ1n) is 11.1. The number of hydrogen-bond acceptors (Lipinski definition) is 5. The van der Waals surface area contributed by atoms with Crippen LogP contribution in [0.3, 0.4) is 0 Å². The monoisotopic (exact) mass is 416 g/mol. The number of urea groups is 1. The van der Waals surface area contributed by atoms with Gasteiger partial charge in [0.15, 0.2) is 0 Å². The third kappa shape index (κ3) is 6.58. The molecular formula is C22H36N6O2. The number of pyridine rings is 1. The Kier molecular flexibility index (Phi) is 7.90. The van der Waals surface area contributed by atoms with Crippen molar-refractivity contribution in [3.63, 3.8) is 0 Å². The standard InChI is InChI=1S/C22H36N6O2/c1-16(2)25-21(29)18-5-4-6-19(13-18)26-22(30)24-15-17-7-8-20(23-14-17)28-11-9-27(3)10-12-28/h7-8,14,16,18-19H,4-6,9-13,15H2,1-3H3,(H,25,29)(H2,24,26,30). The number of carbonyl (C=O) groups is 2. The SMILES string of the molecule is CC(C)NC(=O)C1CCCC(NC(=O)NCc2ccc(N3CCN(C)CC3)nc2)C1. The van der Waals surface area contributed by atoms with Crippen molar-refractivity contribution >= 4 is 17.8 Å². The van der Waals surface area contributed by atoms with Crippen molar-refractivity contribution in [2.75, 3.05) is 38.1 Å². The quantitative estimate of drug-likeness (QED) is 0.657. The Hall–Kier alpha value is -2.35. The lowest BCUT2D eigenvalue weighted by atomic mass is 9.85. The van der Waals surface area contributed by atoms with Crippen LogP contribution in [0.25, 0.3) is 0 Å². The van der Waals surface area contributed by atoms with Crippen LogP contribution < -0.4 is 20.9 Å². The fourth-order valence-corrected chi connectivity index (χ4v) is 4.12. The van der Waals surface area contributed by atoms with Crippen LogP contribution in [0, 0.1) is 5.92 Å². The highest BCUT2D eigenvalue weighted by Crippen LogP contribution is 2.24. The normalized spacial score (nSPS) is 22.6. The van der Waals surface area contributed by atoms with Gasteiger partial charge in [0.1, 0.15) is 5.82 Å². The van der Waals surface area contributed by atoms with Gasteiger partial charge in [-0.25, -0.2) is 9.78 Å². The zero-order chi connectivity index (χ0) is 21.5. The molecule has 0 bridgehead atoms. The average Bonchev–Trinajstić information content (AvgIpc) is 2.73. The molecule has 0 spiro atoms. The molecule has 8 heteroatoms. The number of aromatic nitrogens is 1. The second-order valence-corrected chi connectivity index (χ2v) is 8.87. The van der Waals surface area contributed by atoms with Gasteiger partial charge in [0.2, 0.25) is 5.91 Å². The fourth-order valence-electron chi connectivity index (χ4n) is 4.12. The first-order chi connectivity index (χ1) is 14.4. The molecule has 2 atom stereocenters. The minimum atomic E-state index is -0.187. The number of anilines is 1. The summed E-state index contributed by atoms with van der Waals surface area (Å²) >= 11 is 0. The molecule has 3 amide bonds. The number of hydrogen-bond donors (Lipinski definition) is 3. The van der Waals surface area contributed by atoms with E-state index in [0.717, 1.165) is 56.8 Å². The lowest BCUT2D eigenvalue weighted by Crippen LogP contribution is -2.46. The van der Waals surface area contributed by atoms with Crippen molar-refractivity contribution in [3.8, 4) is 0 Å². The van der Waals surface area contributed by atoms with Gasteiger partial charge >= 0.3 is 6.03 Å². The van der Waals surface area contributed by atoms with Gasteiger partial charge in [-0.2, -0.15) is 0 Å². The van der Waals surface area contributed by atoms with Crippen LogP contribution in [0.1, 0.15) is 45.1 Å². The van der Waals surface area contributed by atoms with Gasteiger partial charge in [0.25, 0.3) is 0 Å². The number of rotatable bonds is 6. The molecule has 2 aliphatic rings. The Labute approximate surface area is 179 Å². The molecule has 1 saturated heterocycles. The second kappa shape index (κ2) is 10.6. The largest absolute Gasteiger partial charge is 0.354 e. The maximum absolute atomic E-state index is 12.3. The van der Waals surface area contributed by atoms with Crippen molar-refractivity contribution < 1.29 is 9.59 Å². The highest BCUT2D eigenvalue weighted by Gasteiger charge is 2.28. The maximum atomic E-state index is 12.3. The van der Waals surface area contributed by atoms with Crippen LogP contribution >= 0.6 is 0 Å². The Morgan fingerprint density at radius 2 is 1.93 bits per heavy atom. The summed E-state index contributed by atoms with van der Waals surface area (Å²) in [4.78, 5) is 33.8. The van der Waals surface area contributed by atoms with Crippen LogP contribution in [-0.2, 0) is 11.3 Å². The molecule has 8 nitrogen and oxygen atoms in total. The third-order valence-corrected chi connectivity index (χ3v) is 5.90. The summed E-state index contributed by atoms with van der Waals surface area (Å²) in [6.45, 7) is 8.44. The number of likely N-dealkylation sites (N-methyl/N-ethyl adjacent to an activating group) is 1. The van der Waals surface area contributed by atoms with Gasteiger partial charge in [-0.15, -0.1) is 0 Å². The van der Waals surface area contributed by atoms with Gasteiger partial charge in [0, 0.05) is 56.9 Å². The van der Waals surface area contributed by atoms with Crippen molar-refractivity contribution in [2.24, 2.45) is 5.92 Å². The maximum Gasteiger partial charge on any atom is 0.315 e. The Balaban J connectivity index is 1.41. The molecule has 166 valence electrons. The summed E-state index contributed by atoms with van der Waals surface area (Å²) < 4.78 is 0. The summed E-state index contributed by atoms with van der Waals surface area (Å²) in [6.07, 6.45) is 5.30. The predicted molar refractivity (Wildman–Crippen MR) is 118 cm³/mol. The van der Waals surface area contributed by atoms with E-state index in [4.69, 9.17) is 0 Å².